The van der Waals surface area contributed by atoms with Crippen molar-refractivity contribution in [1.29, 1.82) is 0 Å². The molecular weight excluding hydrogens is 320 g/mol. The number of fused-ring (bicyclic) bond motifs is 1. The molecule has 0 fully saturated rings. The third-order valence-corrected chi connectivity index (χ3v) is 4.19. The van der Waals surface area contributed by atoms with Gasteiger partial charge in [-0.05, 0) is 44.9 Å². The largest absolute Gasteiger partial charge is 0.493 e. The molecule has 2 atom stereocenters. The van der Waals surface area contributed by atoms with E-state index in [1.165, 1.54) is 20.1 Å². The zero-order chi connectivity index (χ0) is 18.7. The Morgan fingerprint density at radius 1 is 1.28 bits per heavy atom. The lowest BCUT2D eigenvalue weighted by molar-refractivity contribution is -0.145. The lowest BCUT2D eigenvalue weighted by Gasteiger charge is -2.19. The molecule has 1 heterocycles. The summed E-state index contributed by atoms with van der Waals surface area (Å²) in [5, 5.41) is 0. The first-order valence-corrected chi connectivity index (χ1v) is 8.21. The molecule has 1 aromatic carbocycles. The number of ketones is 1. The molecular formula is C20H24O5. The molecule has 0 radical (unpaired) electrons. The van der Waals surface area contributed by atoms with Crippen LogP contribution < -0.4 is 9.47 Å². The summed E-state index contributed by atoms with van der Waals surface area (Å²) in [6, 6.07) is 3.32. The molecule has 0 bridgehead atoms. The van der Waals surface area contributed by atoms with E-state index in [0.29, 0.717) is 22.6 Å². The number of benzene rings is 1. The summed E-state index contributed by atoms with van der Waals surface area (Å²) in [6.07, 6.45) is 1.04. The van der Waals surface area contributed by atoms with Crippen molar-refractivity contribution in [2.45, 2.75) is 46.3 Å². The molecule has 1 aliphatic rings. The van der Waals surface area contributed by atoms with Gasteiger partial charge in [-0.25, -0.2) is 4.79 Å². The zero-order valence-electron chi connectivity index (χ0n) is 15.3. The van der Waals surface area contributed by atoms with Crippen LogP contribution >= 0.6 is 0 Å². The summed E-state index contributed by atoms with van der Waals surface area (Å²) in [4.78, 5) is 24.0. The summed E-state index contributed by atoms with van der Waals surface area (Å²) in [7, 11) is 1.51. The van der Waals surface area contributed by atoms with E-state index < -0.39 is 18.2 Å². The van der Waals surface area contributed by atoms with Crippen molar-refractivity contribution in [2.75, 3.05) is 7.11 Å². The number of rotatable bonds is 6. The summed E-state index contributed by atoms with van der Waals surface area (Å²) < 4.78 is 16.9. The smallest absolute Gasteiger partial charge is 0.331 e. The standard InChI is InChI=1S/C20H24O5/c1-7-12(4)8-17(22)24-20-15-9-14(13(5)21)10-16(23-6)19(15)25-18(20)11(2)3/h8-10,18,20H,2,7H2,1,3-6H3. The number of esters is 1. The van der Waals surface area contributed by atoms with E-state index in [2.05, 4.69) is 6.58 Å². The fourth-order valence-electron chi connectivity index (χ4n) is 2.61. The van der Waals surface area contributed by atoms with Crippen LogP contribution in [-0.2, 0) is 9.53 Å². The van der Waals surface area contributed by atoms with Gasteiger partial charge in [0.25, 0.3) is 0 Å². The van der Waals surface area contributed by atoms with E-state index in [4.69, 9.17) is 14.2 Å². The Morgan fingerprint density at radius 3 is 2.48 bits per heavy atom. The molecule has 1 aromatic rings. The second-order valence-corrected chi connectivity index (χ2v) is 6.24. The monoisotopic (exact) mass is 344 g/mol. The van der Waals surface area contributed by atoms with E-state index in [9.17, 15) is 9.59 Å². The molecule has 0 aliphatic carbocycles. The van der Waals surface area contributed by atoms with Gasteiger partial charge in [0.2, 0.25) is 0 Å². The van der Waals surface area contributed by atoms with Crippen LogP contribution in [0, 0.1) is 0 Å². The molecule has 0 spiro atoms. The molecule has 5 heteroatoms. The minimum absolute atomic E-state index is 0.105. The number of Topliss-reactive ketones (excluding diaryl/α,β-unsaturated/α-hetero) is 1. The maximum atomic E-state index is 12.2. The van der Waals surface area contributed by atoms with Crippen LogP contribution in [-0.4, -0.2) is 25.0 Å². The number of carbonyl (C=O) groups is 2. The van der Waals surface area contributed by atoms with E-state index in [1.807, 2.05) is 20.8 Å². The van der Waals surface area contributed by atoms with E-state index in [1.54, 1.807) is 12.1 Å². The van der Waals surface area contributed by atoms with Crippen molar-refractivity contribution in [3.05, 3.63) is 47.1 Å². The normalized spacial score (nSPS) is 19.0. The van der Waals surface area contributed by atoms with Crippen LogP contribution in [0.1, 0.15) is 56.1 Å². The Morgan fingerprint density at radius 2 is 1.96 bits per heavy atom. The van der Waals surface area contributed by atoms with E-state index in [-0.39, 0.29) is 5.78 Å². The molecule has 0 saturated heterocycles. The van der Waals surface area contributed by atoms with Crippen LogP contribution in [0.2, 0.25) is 0 Å². The van der Waals surface area contributed by atoms with Crippen LogP contribution in [0.4, 0.5) is 0 Å². The Kier molecular flexibility index (Phi) is 5.67. The van der Waals surface area contributed by atoms with E-state index >= 15 is 0 Å². The maximum absolute atomic E-state index is 12.2. The molecule has 0 amide bonds. The fourth-order valence-corrected chi connectivity index (χ4v) is 2.61. The maximum Gasteiger partial charge on any atom is 0.331 e. The van der Waals surface area contributed by atoms with Gasteiger partial charge in [-0.1, -0.05) is 19.1 Å². The highest BCUT2D eigenvalue weighted by atomic mass is 16.6. The second-order valence-electron chi connectivity index (χ2n) is 6.24. The van der Waals surface area contributed by atoms with Crippen molar-refractivity contribution in [1.82, 2.24) is 0 Å². The number of methoxy groups -OCH3 is 1. The van der Waals surface area contributed by atoms with Crippen LogP contribution in [0.15, 0.2) is 35.9 Å². The van der Waals surface area contributed by atoms with Crippen molar-refractivity contribution < 1.29 is 23.8 Å². The van der Waals surface area contributed by atoms with Gasteiger partial charge in [-0.3, -0.25) is 4.79 Å². The number of carbonyl (C=O) groups excluding carboxylic acids is 2. The van der Waals surface area contributed by atoms with E-state index in [0.717, 1.165) is 17.6 Å². The lowest BCUT2D eigenvalue weighted by Crippen LogP contribution is -2.24. The average molecular weight is 344 g/mol. The van der Waals surface area contributed by atoms with Gasteiger partial charge in [0.1, 0.15) is 0 Å². The highest BCUT2D eigenvalue weighted by molar-refractivity contribution is 5.95. The van der Waals surface area contributed by atoms with Crippen LogP contribution in [0.3, 0.4) is 0 Å². The van der Waals surface area contributed by atoms with Crippen LogP contribution in [0.5, 0.6) is 11.5 Å². The Labute approximate surface area is 148 Å². The van der Waals surface area contributed by atoms with Gasteiger partial charge in [-0.2, -0.15) is 0 Å². The van der Waals surface area contributed by atoms with Gasteiger partial charge in [0.05, 0.1) is 7.11 Å². The SMILES string of the molecule is C=C(C)C1Oc2c(OC)cc(C(C)=O)cc2C1OC(=O)C=C(C)CC. The predicted molar refractivity (Wildman–Crippen MR) is 95.1 cm³/mol. The average Bonchev–Trinajstić information content (AvgIpc) is 2.92. The minimum Gasteiger partial charge on any atom is -0.493 e. The molecule has 134 valence electrons. The first-order valence-electron chi connectivity index (χ1n) is 8.21. The molecule has 0 aromatic heterocycles. The van der Waals surface area contributed by atoms with Crippen molar-refractivity contribution in [2.24, 2.45) is 0 Å². The first kappa shape index (κ1) is 18.8. The van der Waals surface area contributed by atoms with Gasteiger partial charge in [0, 0.05) is 17.2 Å². The number of hydrogen-bond donors (Lipinski definition) is 0. The molecule has 25 heavy (non-hydrogen) atoms. The number of allylic oxidation sites excluding steroid dienone is 1. The Balaban J connectivity index is 2.48. The van der Waals surface area contributed by atoms with Crippen molar-refractivity contribution in [3.63, 3.8) is 0 Å². The summed E-state index contributed by atoms with van der Waals surface area (Å²) in [6.45, 7) is 11.0. The van der Waals surface area contributed by atoms with Gasteiger partial charge < -0.3 is 14.2 Å². The van der Waals surface area contributed by atoms with Crippen molar-refractivity contribution >= 4 is 11.8 Å². The molecule has 2 rings (SSSR count). The van der Waals surface area contributed by atoms with Crippen LogP contribution in [0.25, 0.3) is 0 Å². The Bertz CT molecular complexity index is 745. The summed E-state index contributed by atoms with van der Waals surface area (Å²) >= 11 is 0. The fraction of sp³-hybridized carbons (Fsp3) is 0.400. The van der Waals surface area contributed by atoms with Crippen molar-refractivity contribution in [3.8, 4) is 11.5 Å². The van der Waals surface area contributed by atoms with Gasteiger partial charge in [0.15, 0.2) is 29.5 Å². The third kappa shape index (κ3) is 3.92. The number of ether oxygens (including phenoxy) is 3. The molecule has 2 unspecified atom stereocenters. The first-order chi connectivity index (χ1) is 11.8. The molecule has 1 aliphatic heterocycles. The zero-order valence-corrected chi connectivity index (χ0v) is 15.3. The highest BCUT2D eigenvalue weighted by Gasteiger charge is 2.40. The molecule has 0 saturated carbocycles. The minimum atomic E-state index is -0.672. The van der Waals surface area contributed by atoms with Gasteiger partial charge >= 0.3 is 5.97 Å². The molecule has 0 N–H and O–H groups in total. The second kappa shape index (κ2) is 7.55. The highest BCUT2D eigenvalue weighted by Crippen LogP contribution is 2.47. The summed E-state index contributed by atoms with van der Waals surface area (Å²) in [5.41, 5.74) is 2.74. The quantitative estimate of drug-likeness (QED) is 0.335. The Hall–Kier alpha value is -2.56. The molecule has 5 nitrogen and oxygen atoms in total. The topological polar surface area (TPSA) is 61.8 Å². The third-order valence-electron chi connectivity index (χ3n) is 4.19. The van der Waals surface area contributed by atoms with Gasteiger partial charge in [-0.15, -0.1) is 0 Å². The lowest BCUT2D eigenvalue weighted by atomic mass is 9.99. The predicted octanol–water partition coefficient (Wildman–Crippen LogP) is 4.18. The summed E-state index contributed by atoms with van der Waals surface area (Å²) in [5.74, 6) is 0.369. The number of hydrogen-bond acceptors (Lipinski definition) is 5.